The third kappa shape index (κ3) is 3.04. The fraction of sp³-hybridized carbons (Fsp3) is 0.529. The molecule has 2 aliphatic rings. The summed E-state index contributed by atoms with van der Waals surface area (Å²) in [6.45, 7) is 5.92. The summed E-state index contributed by atoms with van der Waals surface area (Å²) >= 11 is 0. The Hall–Kier alpha value is -1.93. The van der Waals surface area contributed by atoms with Crippen LogP contribution in [0.15, 0.2) is 23.1 Å². The van der Waals surface area contributed by atoms with Crippen LogP contribution >= 0.6 is 0 Å². The summed E-state index contributed by atoms with van der Waals surface area (Å²) in [5.74, 6) is 1.93. The molecule has 1 aliphatic carbocycles. The monoisotopic (exact) mass is 362 g/mol. The van der Waals surface area contributed by atoms with Crippen molar-refractivity contribution >= 4 is 10.0 Å². The summed E-state index contributed by atoms with van der Waals surface area (Å²) in [5.41, 5.74) is 0.530. The average Bonchev–Trinajstić information content (AvgIpc) is 3.21. The zero-order valence-electron chi connectivity index (χ0n) is 14.6. The van der Waals surface area contributed by atoms with Crippen LogP contribution in [-0.2, 0) is 23.0 Å². The van der Waals surface area contributed by atoms with Crippen LogP contribution in [-0.4, -0.2) is 28.8 Å². The van der Waals surface area contributed by atoms with E-state index in [1.54, 1.807) is 12.1 Å². The molecule has 0 bridgehead atoms. The van der Waals surface area contributed by atoms with Gasteiger partial charge in [-0.1, -0.05) is 12.1 Å². The number of benzene rings is 1. The maximum Gasteiger partial charge on any atom is 0.244 e. The van der Waals surface area contributed by atoms with E-state index >= 15 is 0 Å². The number of nitrogens with zero attached hydrogens (tertiary/aromatic N) is 3. The molecule has 1 aromatic heterocycles. The lowest BCUT2D eigenvalue weighted by atomic mass is 10.0. The topological polar surface area (TPSA) is 86.1 Å². The van der Waals surface area contributed by atoms with E-state index in [0.29, 0.717) is 24.0 Å². The number of ether oxygens (including phenoxy) is 1. The summed E-state index contributed by atoms with van der Waals surface area (Å²) in [7, 11) is -3.70. The number of hydrogen-bond acceptors (Lipinski definition) is 5. The predicted molar refractivity (Wildman–Crippen MR) is 91.9 cm³/mol. The lowest BCUT2D eigenvalue weighted by molar-refractivity contribution is 0.135. The molecule has 134 valence electrons. The molecule has 8 heteroatoms. The lowest BCUT2D eigenvalue weighted by Crippen LogP contribution is -2.27. The number of sulfonamides is 1. The van der Waals surface area contributed by atoms with E-state index < -0.39 is 15.6 Å². The summed E-state index contributed by atoms with van der Waals surface area (Å²) in [4.78, 5) is 0.185. The van der Waals surface area contributed by atoms with Gasteiger partial charge in [-0.2, -0.15) is 0 Å². The first-order valence-corrected chi connectivity index (χ1v) is 9.96. The Balaban J connectivity index is 1.59. The SMILES string of the molecule is Cc1nnc(CNS(=O)(=O)c2cccc3c2OC(C)(C)C3)n1C1CC1. The van der Waals surface area contributed by atoms with Crippen molar-refractivity contribution in [2.45, 2.75) is 63.1 Å². The van der Waals surface area contributed by atoms with E-state index in [2.05, 4.69) is 14.9 Å². The van der Waals surface area contributed by atoms with Crippen molar-refractivity contribution in [2.75, 3.05) is 0 Å². The molecule has 1 aromatic carbocycles. The van der Waals surface area contributed by atoms with Crippen molar-refractivity contribution in [3.8, 4) is 5.75 Å². The van der Waals surface area contributed by atoms with Gasteiger partial charge >= 0.3 is 0 Å². The van der Waals surface area contributed by atoms with Crippen LogP contribution in [0.3, 0.4) is 0 Å². The molecule has 25 heavy (non-hydrogen) atoms. The predicted octanol–water partition coefficient (Wildman–Crippen LogP) is 2.11. The van der Waals surface area contributed by atoms with E-state index in [-0.39, 0.29) is 11.4 Å². The van der Waals surface area contributed by atoms with Gasteiger partial charge in [0.2, 0.25) is 10.0 Å². The van der Waals surface area contributed by atoms with Crippen molar-refractivity contribution < 1.29 is 13.2 Å². The van der Waals surface area contributed by atoms with Crippen molar-refractivity contribution in [2.24, 2.45) is 0 Å². The van der Waals surface area contributed by atoms with Gasteiger partial charge in [0.1, 0.15) is 27.9 Å². The van der Waals surface area contributed by atoms with Crippen LogP contribution in [0.25, 0.3) is 0 Å². The molecule has 1 fully saturated rings. The number of para-hydroxylation sites is 1. The second-order valence-corrected chi connectivity index (χ2v) is 9.11. The molecule has 0 spiro atoms. The molecule has 7 nitrogen and oxygen atoms in total. The molecule has 1 aliphatic heterocycles. The highest BCUT2D eigenvalue weighted by Crippen LogP contribution is 2.40. The molecule has 2 aromatic rings. The third-order valence-corrected chi connectivity index (χ3v) is 6.04. The van der Waals surface area contributed by atoms with Crippen molar-refractivity contribution in [1.29, 1.82) is 0 Å². The summed E-state index contributed by atoms with van der Waals surface area (Å²) in [5, 5.41) is 8.21. The normalized spacial score (nSPS) is 18.8. The number of rotatable bonds is 5. The smallest absolute Gasteiger partial charge is 0.244 e. The van der Waals surface area contributed by atoms with Gasteiger partial charge in [0.25, 0.3) is 0 Å². The van der Waals surface area contributed by atoms with Gasteiger partial charge in [-0.3, -0.25) is 0 Å². The fourth-order valence-electron chi connectivity index (χ4n) is 3.38. The van der Waals surface area contributed by atoms with E-state index in [9.17, 15) is 8.42 Å². The molecule has 0 unspecified atom stereocenters. The number of fused-ring (bicyclic) bond motifs is 1. The van der Waals surface area contributed by atoms with Gasteiger partial charge < -0.3 is 9.30 Å². The zero-order valence-corrected chi connectivity index (χ0v) is 15.4. The minimum Gasteiger partial charge on any atom is -0.486 e. The highest BCUT2D eigenvalue weighted by molar-refractivity contribution is 7.89. The minimum absolute atomic E-state index is 0.118. The maximum atomic E-state index is 12.8. The second kappa shape index (κ2) is 5.54. The maximum absolute atomic E-state index is 12.8. The van der Waals surface area contributed by atoms with Crippen molar-refractivity contribution in [1.82, 2.24) is 19.5 Å². The van der Waals surface area contributed by atoms with Gasteiger partial charge in [0.05, 0.1) is 6.54 Å². The van der Waals surface area contributed by atoms with Gasteiger partial charge in [-0.15, -0.1) is 10.2 Å². The molecule has 4 rings (SSSR count). The minimum atomic E-state index is -3.70. The molecule has 1 N–H and O–H groups in total. The highest BCUT2D eigenvalue weighted by Gasteiger charge is 2.35. The van der Waals surface area contributed by atoms with E-state index in [1.807, 2.05) is 31.4 Å². The highest BCUT2D eigenvalue weighted by atomic mass is 32.2. The van der Waals surface area contributed by atoms with Gasteiger partial charge in [-0.25, -0.2) is 13.1 Å². The fourth-order valence-corrected chi connectivity index (χ4v) is 4.53. The first-order valence-electron chi connectivity index (χ1n) is 8.48. The molecule has 1 saturated carbocycles. The Labute approximate surface area is 147 Å². The summed E-state index contributed by atoms with van der Waals surface area (Å²) in [6, 6.07) is 5.66. The number of aryl methyl sites for hydroxylation is 1. The third-order valence-electron chi connectivity index (χ3n) is 4.61. The Morgan fingerprint density at radius 1 is 1.32 bits per heavy atom. The molecular weight excluding hydrogens is 340 g/mol. The molecule has 0 saturated heterocycles. The first-order chi connectivity index (χ1) is 11.8. The number of nitrogens with one attached hydrogen (secondary N) is 1. The van der Waals surface area contributed by atoms with E-state index in [4.69, 9.17) is 4.74 Å². The average molecular weight is 362 g/mol. The number of aromatic nitrogens is 3. The second-order valence-electron chi connectivity index (χ2n) is 7.37. The van der Waals surface area contributed by atoms with Crippen LogP contribution in [0.1, 0.15) is 49.9 Å². The van der Waals surface area contributed by atoms with Crippen molar-refractivity contribution in [3.05, 3.63) is 35.4 Å². The molecule has 0 atom stereocenters. The zero-order chi connectivity index (χ0) is 17.8. The Kier molecular flexibility index (Phi) is 3.66. The van der Waals surface area contributed by atoms with Crippen LogP contribution < -0.4 is 9.46 Å². The van der Waals surface area contributed by atoms with E-state index in [1.165, 1.54) is 0 Å². The van der Waals surface area contributed by atoms with Crippen LogP contribution in [0.5, 0.6) is 5.75 Å². The largest absolute Gasteiger partial charge is 0.486 e. The standard InChI is InChI=1S/C17H22N4O3S/c1-11-19-20-15(21(11)13-7-8-13)10-18-25(22,23)14-6-4-5-12-9-17(2,3)24-16(12)14/h4-6,13,18H,7-10H2,1-3H3. The lowest BCUT2D eigenvalue weighted by Gasteiger charge is -2.18. The van der Waals surface area contributed by atoms with Crippen molar-refractivity contribution in [3.63, 3.8) is 0 Å². The summed E-state index contributed by atoms with van der Waals surface area (Å²) < 4.78 is 36.2. The van der Waals surface area contributed by atoms with Gasteiger partial charge in [0.15, 0.2) is 0 Å². The quantitative estimate of drug-likeness (QED) is 0.880. The van der Waals surface area contributed by atoms with Gasteiger partial charge in [0, 0.05) is 12.5 Å². The number of hydrogen-bond donors (Lipinski definition) is 1. The summed E-state index contributed by atoms with van der Waals surface area (Å²) in [6.07, 6.45) is 2.88. The Morgan fingerprint density at radius 3 is 2.80 bits per heavy atom. The van der Waals surface area contributed by atoms with Crippen LogP contribution in [0.2, 0.25) is 0 Å². The molecule has 0 amide bonds. The molecular formula is C17H22N4O3S. The van der Waals surface area contributed by atoms with Crippen LogP contribution in [0, 0.1) is 6.92 Å². The van der Waals surface area contributed by atoms with Gasteiger partial charge in [-0.05, 0) is 45.2 Å². The Morgan fingerprint density at radius 2 is 2.08 bits per heavy atom. The molecule has 2 heterocycles. The van der Waals surface area contributed by atoms with E-state index in [0.717, 1.165) is 24.2 Å². The van der Waals surface area contributed by atoms with Crippen LogP contribution in [0.4, 0.5) is 0 Å². The Bertz CT molecular complexity index is 929. The first kappa shape index (κ1) is 16.5. The molecule has 0 radical (unpaired) electrons.